The summed E-state index contributed by atoms with van der Waals surface area (Å²) in [6.07, 6.45) is 9.34. The van der Waals surface area contributed by atoms with Crippen molar-refractivity contribution in [1.82, 2.24) is 15.1 Å². The number of aliphatic imine (C=N–C) groups is 1. The molecular formula is C20H36N4OS. The minimum atomic E-state index is 0.350. The Kier molecular flexibility index (Phi) is 6.01. The normalized spacial score (nSPS) is 33.1. The topological polar surface area (TPSA) is 40.1 Å². The molecule has 5 nitrogen and oxygen atoms in total. The monoisotopic (exact) mass is 380 g/mol. The van der Waals surface area contributed by atoms with Crippen LogP contribution < -0.4 is 5.32 Å². The second-order valence-electron chi connectivity index (χ2n) is 8.76. The van der Waals surface area contributed by atoms with Gasteiger partial charge in [-0.2, -0.15) is 11.8 Å². The first kappa shape index (κ1) is 18.9. The van der Waals surface area contributed by atoms with Gasteiger partial charge in [-0.05, 0) is 25.7 Å². The summed E-state index contributed by atoms with van der Waals surface area (Å²) in [6, 6.07) is 0. The van der Waals surface area contributed by atoms with E-state index in [4.69, 9.17) is 4.74 Å². The van der Waals surface area contributed by atoms with Crippen molar-refractivity contribution in [2.24, 2.45) is 10.4 Å². The summed E-state index contributed by atoms with van der Waals surface area (Å²) >= 11 is 2.12. The molecule has 0 aromatic carbocycles. The number of hydrogen-bond donors (Lipinski definition) is 1. The van der Waals surface area contributed by atoms with Gasteiger partial charge in [0.15, 0.2) is 5.96 Å². The fourth-order valence-electron chi connectivity index (χ4n) is 5.52. The number of rotatable bonds is 3. The highest BCUT2D eigenvalue weighted by molar-refractivity contribution is 7.99. The fourth-order valence-corrected chi connectivity index (χ4v) is 6.42. The highest BCUT2D eigenvalue weighted by Crippen LogP contribution is 2.38. The summed E-state index contributed by atoms with van der Waals surface area (Å²) in [5.41, 5.74) is 0.743. The molecule has 3 heterocycles. The Labute approximate surface area is 163 Å². The van der Waals surface area contributed by atoms with E-state index in [0.717, 1.165) is 38.8 Å². The van der Waals surface area contributed by atoms with Crippen LogP contribution >= 0.6 is 11.8 Å². The van der Waals surface area contributed by atoms with Crippen molar-refractivity contribution in [1.29, 1.82) is 0 Å². The van der Waals surface area contributed by atoms with Gasteiger partial charge in [0.25, 0.3) is 0 Å². The van der Waals surface area contributed by atoms with E-state index in [0.29, 0.717) is 11.0 Å². The largest absolute Gasteiger partial charge is 0.381 e. The smallest absolute Gasteiger partial charge is 0.193 e. The van der Waals surface area contributed by atoms with Gasteiger partial charge < -0.3 is 15.0 Å². The maximum absolute atomic E-state index is 5.70. The molecule has 4 rings (SSSR count). The predicted octanol–water partition coefficient (Wildman–Crippen LogP) is 2.43. The number of nitrogens with one attached hydrogen (secondary N) is 1. The third-order valence-corrected chi connectivity index (χ3v) is 8.12. The maximum atomic E-state index is 5.70. The average Bonchev–Trinajstić information content (AvgIpc) is 3.34. The molecule has 0 amide bonds. The van der Waals surface area contributed by atoms with Crippen LogP contribution in [0.3, 0.4) is 0 Å². The van der Waals surface area contributed by atoms with E-state index < -0.39 is 0 Å². The minimum Gasteiger partial charge on any atom is -0.381 e. The quantitative estimate of drug-likeness (QED) is 0.601. The molecule has 3 saturated heterocycles. The highest BCUT2D eigenvalue weighted by atomic mass is 32.2. The Morgan fingerprint density at radius 1 is 1.08 bits per heavy atom. The van der Waals surface area contributed by atoms with Gasteiger partial charge in [0, 0.05) is 68.8 Å². The van der Waals surface area contributed by atoms with Crippen LogP contribution in [-0.4, -0.2) is 85.8 Å². The van der Waals surface area contributed by atoms with Crippen LogP contribution in [0.1, 0.15) is 44.9 Å². The molecule has 1 aliphatic carbocycles. The van der Waals surface area contributed by atoms with Gasteiger partial charge in [-0.25, -0.2) is 0 Å². The Balaban J connectivity index is 1.39. The predicted molar refractivity (Wildman–Crippen MR) is 110 cm³/mol. The molecule has 4 aliphatic rings. The Hall–Kier alpha value is -0.460. The molecule has 1 unspecified atom stereocenters. The second-order valence-corrected chi connectivity index (χ2v) is 9.98. The first-order valence-electron chi connectivity index (χ1n) is 10.6. The van der Waals surface area contributed by atoms with E-state index in [2.05, 4.69) is 31.9 Å². The highest BCUT2D eigenvalue weighted by Gasteiger charge is 2.43. The number of guanidine groups is 1. The van der Waals surface area contributed by atoms with Crippen molar-refractivity contribution < 1.29 is 4.74 Å². The summed E-state index contributed by atoms with van der Waals surface area (Å²) in [7, 11) is 1.95. The molecule has 1 saturated carbocycles. The number of nitrogens with zero attached hydrogens (tertiary/aromatic N) is 3. The van der Waals surface area contributed by atoms with E-state index in [1.54, 1.807) is 0 Å². The number of likely N-dealkylation sites (tertiary alicyclic amines) is 1. The Bertz CT molecular complexity index is 494. The molecule has 3 aliphatic heterocycles. The molecule has 4 fully saturated rings. The van der Waals surface area contributed by atoms with E-state index in [1.807, 2.05) is 7.05 Å². The van der Waals surface area contributed by atoms with Crippen LogP contribution in [0.15, 0.2) is 4.99 Å². The van der Waals surface area contributed by atoms with Gasteiger partial charge in [0.1, 0.15) is 0 Å². The van der Waals surface area contributed by atoms with Crippen molar-refractivity contribution in [3.8, 4) is 0 Å². The number of hydrogen-bond acceptors (Lipinski definition) is 4. The summed E-state index contributed by atoms with van der Waals surface area (Å²) in [6.45, 7) is 7.69. The molecule has 6 heteroatoms. The van der Waals surface area contributed by atoms with Crippen LogP contribution in [-0.2, 0) is 4.74 Å². The molecule has 0 bridgehead atoms. The lowest BCUT2D eigenvalue weighted by Crippen LogP contribution is -2.60. The first-order valence-corrected chi connectivity index (χ1v) is 11.8. The van der Waals surface area contributed by atoms with Crippen LogP contribution in [0.5, 0.6) is 0 Å². The summed E-state index contributed by atoms with van der Waals surface area (Å²) in [4.78, 5) is 9.94. The Morgan fingerprint density at radius 3 is 2.58 bits per heavy atom. The maximum Gasteiger partial charge on any atom is 0.193 e. The number of ether oxygens (including phenoxy) is 1. The van der Waals surface area contributed by atoms with Crippen LogP contribution in [0.4, 0.5) is 0 Å². The summed E-state index contributed by atoms with van der Waals surface area (Å²) in [5.74, 6) is 3.71. The van der Waals surface area contributed by atoms with Crippen molar-refractivity contribution >= 4 is 17.7 Å². The third kappa shape index (κ3) is 3.88. The van der Waals surface area contributed by atoms with Gasteiger partial charge in [-0.1, -0.05) is 19.3 Å². The van der Waals surface area contributed by atoms with Crippen molar-refractivity contribution in [2.75, 3.05) is 64.5 Å². The van der Waals surface area contributed by atoms with E-state index >= 15 is 0 Å². The lowest BCUT2D eigenvalue weighted by Gasteiger charge is -2.48. The summed E-state index contributed by atoms with van der Waals surface area (Å²) in [5, 5.41) is 3.81. The SMILES string of the molecule is CN=C(NCC1(N2CCSCC2)CCCCC1)N1CCC2(CCOC2)C1. The first-order chi connectivity index (χ1) is 12.8. The van der Waals surface area contributed by atoms with Gasteiger partial charge in [-0.3, -0.25) is 9.89 Å². The lowest BCUT2D eigenvalue weighted by atomic mass is 9.80. The molecule has 148 valence electrons. The molecule has 1 N–H and O–H groups in total. The zero-order valence-corrected chi connectivity index (χ0v) is 17.3. The van der Waals surface area contributed by atoms with Gasteiger partial charge in [-0.15, -0.1) is 0 Å². The van der Waals surface area contributed by atoms with Crippen molar-refractivity contribution in [2.45, 2.75) is 50.5 Å². The average molecular weight is 381 g/mol. The molecule has 1 atom stereocenters. The van der Waals surface area contributed by atoms with E-state index in [9.17, 15) is 0 Å². The van der Waals surface area contributed by atoms with Gasteiger partial charge in [0.05, 0.1) is 6.61 Å². The second kappa shape index (κ2) is 8.27. The molecule has 0 radical (unpaired) electrons. The Morgan fingerprint density at radius 2 is 1.88 bits per heavy atom. The third-order valence-electron chi connectivity index (χ3n) is 7.18. The molecular weight excluding hydrogens is 344 g/mol. The zero-order valence-electron chi connectivity index (χ0n) is 16.5. The molecule has 0 aromatic rings. The van der Waals surface area contributed by atoms with Crippen LogP contribution in [0.25, 0.3) is 0 Å². The van der Waals surface area contributed by atoms with Crippen molar-refractivity contribution in [3.63, 3.8) is 0 Å². The zero-order chi connectivity index (χ0) is 17.9. The standard InChI is InChI=1S/C20H36N4OS/c1-21-18(23-9-7-19(16-23)8-12-25-17-19)22-15-20(5-3-2-4-6-20)24-10-13-26-14-11-24/h2-17H2,1H3,(H,21,22). The molecule has 26 heavy (non-hydrogen) atoms. The van der Waals surface area contributed by atoms with Crippen LogP contribution in [0, 0.1) is 5.41 Å². The fraction of sp³-hybridized carbons (Fsp3) is 0.950. The molecule has 0 aromatic heterocycles. The number of thioether (sulfide) groups is 1. The lowest BCUT2D eigenvalue weighted by molar-refractivity contribution is 0.0620. The molecule has 1 spiro atoms. The van der Waals surface area contributed by atoms with E-state index in [1.165, 1.54) is 69.5 Å². The van der Waals surface area contributed by atoms with Gasteiger partial charge in [0.2, 0.25) is 0 Å². The van der Waals surface area contributed by atoms with Crippen LogP contribution in [0.2, 0.25) is 0 Å². The minimum absolute atomic E-state index is 0.350. The van der Waals surface area contributed by atoms with Gasteiger partial charge >= 0.3 is 0 Å². The van der Waals surface area contributed by atoms with E-state index in [-0.39, 0.29) is 0 Å². The van der Waals surface area contributed by atoms with Crippen molar-refractivity contribution in [3.05, 3.63) is 0 Å². The summed E-state index contributed by atoms with van der Waals surface area (Å²) < 4.78 is 5.70.